The van der Waals surface area contributed by atoms with Crippen molar-refractivity contribution < 1.29 is 9.13 Å². The number of halogens is 1. The maximum Gasteiger partial charge on any atom is 0.124 e. The summed E-state index contributed by atoms with van der Waals surface area (Å²) in [7, 11) is 0. The molecule has 1 aromatic heterocycles. The van der Waals surface area contributed by atoms with E-state index in [4.69, 9.17) is 4.74 Å². The topological polar surface area (TPSA) is 39.1 Å². The molecule has 0 spiro atoms. The smallest absolute Gasteiger partial charge is 0.124 e. The predicted molar refractivity (Wildman–Crippen MR) is 87.9 cm³/mol. The zero-order chi connectivity index (χ0) is 16.4. The van der Waals surface area contributed by atoms with Gasteiger partial charge in [-0.15, -0.1) is 0 Å². The Hall–Kier alpha value is -1.88. The molecule has 0 bridgehead atoms. The number of nitrogens with zero attached hydrogens (tertiary/aromatic N) is 2. The monoisotopic (exact) mass is 317 g/mol. The quantitative estimate of drug-likeness (QED) is 0.936. The van der Waals surface area contributed by atoms with Gasteiger partial charge in [-0.05, 0) is 51.8 Å². The van der Waals surface area contributed by atoms with E-state index in [0.717, 1.165) is 29.7 Å². The molecule has 0 saturated carbocycles. The fourth-order valence-electron chi connectivity index (χ4n) is 2.82. The molecule has 5 heteroatoms. The van der Waals surface area contributed by atoms with Crippen LogP contribution in [-0.2, 0) is 12.1 Å². The summed E-state index contributed by atoms with van der Waals surface area (Å²) in [4.78, 5) is 0. The minimum Gasteiger partial charge on any atom is -0.493 e. The Labute approximate surface area is 136 Å². The predicted octanol–water partition coefficient (Wildman–Crippen LogP) is 3.78. The van der Waals surface area contributed by atoms with E-state index in [1.165, 1.54) is 6.07 Å². The molecule has 0 radical (unpaired) electrons. The lowest BCUT2D eigenvalue weighted by Gasteiger charge is -2.19. The Morgan fingerprint density at radius 2 is 2.22 bits per heavy atom. The van der Waals surface area contributed by atoms with E-state index in [0.29, 0.717) is 13.2 Å². The zero-order valence-electron chi connectivity index (χ0n) is 14.0. The Balaban J connectivity index is 1.73. The van der Waals surface area contributed by atoms with Crippen molar-refractivity contribution in [3.8, 4) is 5.75 Å². The molecular weight excluding hydrogens is 293 g/mol. The third kappa shape index (κ3) is 3.72. The van der Waals surface area contributed by atoms with Gasteiger partial charge in [0.15, 0.2) is 0 Å². The van der Waals surface area contributed by atoms with Gasteiger partial charge in [0, 0.05) is 29.9 Å². The van der Waals surface area contributed by atoms with Crippen molar-refractivity contribution in [3.63, 3.8) is 0 Å². The molecule has 1 N–H and O–H groups in total. The number of aromatic nitrogens is 2. The standard InChI is InChI=1S/C18H24FN3O/c1-18(2,3)22-12-13(11-21-22)10-20-16-5-4-8-23-17-7-6-14(19)9-15(16)17/h6-7,9,11-12,16,20H,4-5,8,10H2,1-3H3/t16-/m0/s1. The molecule has 3 rings (SSSR count). The van der Waals surface area contributed by atoms with E-state index < -0.39 is 0 Å². The number of fused-ring (bicyclic) bond motifs is 1. The van der Waals surface area contributed by atoms with Gasteiger partial charge in [-0.3, -0.25) is 4.68 Å². The summed E-state index contributed by atoms with van der Waals surface area (Å²) in [6.45, 7) is 7.76. The van der Waals surface area contributed by atoms with E-state index >= 15 is 0 Å². The van der Waals surface area contributed by atoms with Crippen molar-refractivity contribution in [3.05, 3.63) is 47.5 Å². The summed E-state index contributed by atoms with van der Waals surface area (Å²) in [5.74, 6) is 0.563. The van der Waals surface area contributed by atoms with E-state index in [1.54, 1.807) is 12.1 Å². The van der Waals surface area contributed by atoms with Crippen molar-refractivity contribution in [1.82, 2.24) is 15.1 Å². The number of nitrogens with one attached hydrogen (secondary N) is 1. The van der Waals surface area contributed by atoms with Gasteiger partial charge in [0.2, 0.25) is 0 Å². The molecule has 1 atom stereocenters. The van der Waals surface area contributed by atoms with Crippen molar-refractivity contribution in [2.45, 2.75) is 51.7 Å². The second-order valence-corrected chi connectivity index (χ2v) is 7.07. The van der Waals surface area contributed by atoms with Crippen LogP contribution in [-0.4, -0.2) is 16.4 Å². The number of rotatable bonds is 3. The molecule has 0 amide bonds. The maximum absolute atomic E-state index is 13.6. The summed E-state index contributed by atoms with van der Waals surface area (Å²) in [5.41, 5.74) is 2.01. The highest BCUT2D eigenvalue weighted by molar-refractivity contribution is 5.37. The van der Waals surface area contributed by atoms with E-state index in [-0.39, 0.29) is 17.4 Å². The van der Waals surface area contributed by atoms with E-state index in [9.17, 15) is 4.39 Å². The fourth-order valence-corrected chi connectivity index (χ4v) is 2.82. The normalized spacial score (nSPS) is 18.2. The molecule has 0 unspecified atom stereocenters. The Bertz CT molecular complexity index is 675. The third-order valence-corrected chi connectivity index (χ3v) is 4.12. The summed E-state index contributed by atoms with van der Waals surface area (Å²) in [6, 6.07) is 4.86. The number of hydrogen-bond donors (Lipinski definition) is 1. The molecule has 4 nitrogen and oxygen atoms in total. The minimum absolute atomic E-state index is 0.0237. The van der Waals surface area contributed by atoms with Crippen LogP contribution in [0.3, 0.4) is 0 Å². The van der Waals surface area contributed by atoms with Crippen LogP contribution in [0.25, 0.3) is 0 Å². The molecule has 2 heterocycles. The third-order valence-electron chi connectivity index (χ3n) is 4.12. The van der Waals surface area contributed by atoms with E-state index in [2.05, 4.69) is 37.4 Å². The summed E-state index contributed by atoms with van der Waals surface area (Å²) in [5, 5.41) is 7.95. The van der Waals surface area contributed by atoms with Crippen LogP contribution in [0.4, 0.5) is 4.39 Å². The highest BCUT2D eigenvalue weighted by Gasteiger charge is 2.20. The van der Waals surface area contributed by atoms with Crippen molar-refractivity contribution in [1.29, 1.82) is 0 Å². The molecule has 1 aromatic carbocycles. The largest absolute Gasteiger partial charge is 0.493 e. The Morgan fingerprint density at radius 1 is 1.39 bits per heavy atom. The van der Waals surface area contributed by atoms with Gasteiger partial charge in [0.25, 0.3) is 0 Å². The zero-order valence-corrected chi connectivity index (χ0v) is 14.0. The van der Waals surface area contributed by atoms with Gasteiger partial charge in [-0.1, -0.05) is 0 Å². The van der Waals surface area contributed by atoms with Crippen LogP contribution in [0.15, 0.2) is 30.6 Å². The Morgan fingerprint density at radius 3 is 2.96 bits per heavy atom. The number of ether oxygens (including phenoxy) is 1. The van der Waals surface area contributed by atoms with Crippen LogP contribution < -0.4 is 10.1 Å². The maximum atomic E-state index is 13.6. The molecular formula is C18H24FN3O. The van der Waals surface area contributed by atoms with Crippen molar-refractivity contribution >= 4 is 0 Å². The lowest BCUT2D eigenvalue weighted by atomic mass is 10.0. The summed E-state index contributed by atoms with van der Waals surface area (Å²) < 4.78 is 21.3. The first kappa shape index (κ1) is 16.0. The van der Waals surface area contributed by atoms with Gasteiger partial charge in [0.05, 0.1) is 18.3 Å². The number of hydrogen-bond acceptors (Lipinski definition) is 3. The van der Waals surface area contributed by atoms with Crippen LogP contribution >= 0.6 is 0 Å². The molecule has 2 aromatic rings. The minimum atomic E-state index is -0.221. The first-order valence-electron chi connectivity index (χ1n) is 8.13. The molecule has 23 heavy (non-hydrogen) atoms. The SMILES string of the molecule is CC(C)(C)n1cc(CN[C@H]2CCCOc3ccc(F)cc32)cn1. The lowest BCUT2D eigenvalue weighted by Crippen LogP contribution is -2.22. The van der Waals surface area contributed by atoms with Crippen LogP contribution in [0, 0.1) is 5.82 Å². The molecule has 124 valence electrons. The van der Waals surface area contributed by atoms with Crippen LogP contribution in [0.5, 0.6) is 5.75 Å². The fraction of sp³-hybridized carbons (Fsp3) is 0.500. The van der Waals surface area contributed by atoms with Crippen molar-refractivity contribution in [2.75, 3.05) is 6.61 Å². The highest BCUT2D eigenvalue weighted by atomic mass is 19.1. The van der Waals surface area contributed by atoms with Crippen molar-refractivity contribution in [2.24, 2.45) is 0 Å². The van der Waals surface area contributed by atoms with E-state index in [1.807, 2.05) is 10.9 Å². The highest BCUT2D eigenvalue weighted by Crippen LogP contribution is 2.32. The Kier molecular flexibility index (Phi) is 4.39. The average Bonchev–Trinajstić information content (AvgIpc) is 2.88. The molecule has 0 aliphatic carbocycles. The lowest BCUT2D eigenvalue weighted by molar-refractivity contribution is 0.315. The molecule has 1 aliphatic rings. The average molecular weight is 317 g/mol. The van der Waals surface area contributed by atoms with Gasteiger partial charge in [0.1, 0.15) is 11.6 Å². The first-order chi connectivity index (χ1) is 10.9. The van der Waals surface area contributed by atoms with Gasteiger partial charge in [-0.2, -0.15) is 5.10 Å². The second-order valence-electron chi connectivity index (χ2n) is 7.07. The molecule has 0 saturated heterocycles. The molecule has 1 aliphatic heterocycles. The summed E-state index contributed by atoms with van der Waals surface area (Å²) in [6.07, 6.45) is 5.84. The van der Waals surface area contributed by atoms with Crippen LogP contribution in [0.2, 0.25) is 0 Å². The van der Waals surface area contributed by atoms with Gasteiger partial charge in [-0.25, -0.2) is 4.39 Å². The molecule has 0 fully saturated rings. The van der Waals surface area contributed by atoms with Gasteiger partial charge < -0.3 is 10.1 Å². The summed E-state index contributed by atoms with van der Waals surface area (Å²) >= 11 is 0. The second kappa shape index (κ2) is 6.32. The number of benzene rings is 1. The van der Waals surface area contributed by atoms with Crippen LogP contribution in [0.1, 0.15) is 50.8 Å². The first-order valence-corrected chi connectivity index (χ1v) is 8.13. The van der Waals surface area contributed by atoms with Gasteiger partial charge >= 0.3 is 0 Å².